The van der Waals surface area contributed by atoms with E-state index in [4.69, 9.17) is 5.84 Å². The van der Waals surface area contributed by atoms with Crippen LogP contribution in [0.25, 0.3) is 10.9 Å². The molecule has 22 heavy (non-hydrogen) atoms. The van der Waals surface area contributed by atoms with Gasteiger partial charge in [0.15, 0.2) is 0 Å². The lowest BCUT2D eigenvalue weighted by atomic mass is 10.1. The smallest absolute Gasteiger partial charge is 0.267 e. The Morgan fingerprint density at radius 3 is 2.41 bits per heavy atom. The first kappa shape index (κ1) is 14.0. The molecule has 5 nitrogen and oxygen atoms in total. The van der Waals surface area contributed by atoms with Crippen molar-refractivity contribution in [3.8, 4) is 0 Å². The average Bonchev–Trinajstić information content (AvgIpc) is 2.94. The molecule has 110 valence electrons. The molecule has 1 amide bonds. The number of nitrogens with zero attached hydrogens (tertiary/aromatic N) is 1. The van der Waals surface area contributed by atoms with Gasteiger partial charge in [0.2, 0.25) is 0 Å². The zero-order valence-corrected chi connectivity index (χ0v) is 12.0. The van der Waals surface area contributed by atoms with Gasteiger partial charge in [0.1, 0.15) is 0 Å². The zero-order valence-electron chi connectivity index (χ0n) is 12.0. The van der Waals surface area contributed by atoms with Crippen molar-refractivity contribution in [2.45, 2.75) is 6.92 Å². The molecule has 0 saturated heterocycles. The molecule has 0 bridgehead atoms. The van der Waals surface area contributed by atoms with Crippen molar-refractivity contribution in [3.05, 3.63) is 71.4 Å². The summed E-state index contributed by atoms with van der Waals surface area (Å²) in [5, 5.41) is 0.686. The van der Waals surface area contributed by atoms with Gasteiger partial charge in [-0.05, 0) is 25.1 Å². The van der Waals surface area contributed by atoms with Crippen LogP contribution in [0.4, 0.5) is 0 Å². The minimum absolute atomic E-state index is 0.188. The first-order valence-electron chi connectivity index (χ1n) is 6.84. The number of nitrogen functional groups attached to an aromatic ring is 1. The SMILES string of the molecule is Cc1ccc(C(=O)n2cc(C(=O)NN)c3ccccc32)cc1. The second-order valence-corrected chi connectivity index (χ2v) is 5.07. The third kappa shape index (κ3) is 2.27. The second-order valence-electron chi connectivity index (χ2n) is 5.07. The van der Waals surface area contributed by atoms with Gasteiger partial charge in [-0.15, -0.1) is 0 Å². The molecular weight excluding hydrogens is 278 g/mol. The predicted molar refractivity (Wildman–Crippen MR) is 84.5 cm³/mol. The number of aromatic nitrogens is 1. The lowest BCUT2D eigenvalue weighted by molar-refractivity contribution is 0.0955. The fourth-order valence-corrected chi connectivity index (χ4v) is 2.44. The van der Waals surface area contributed by atoms with Crippen molar-refractivity contribution in [3.63, 3.8) is 0 Å². The van der Waals surface area contributed by atoms with E-state index in [0.29, 0.717) is 22.0 Å². The van der Waals surface area contributed by atoms with Crippen LogP contribution >= 0.6 is 0 Å². The Balaban J connectivity index is 2.16. The van der Waals surface area contributed by atoms with E-state index in [-0.39, 0.29) is 5.91 Å². The van der Waals surface area contributed by atoms with Crippen molar-refractivity contribution in [2.24, 2.45) is 5.84 Å². The van der Waals surface area contributed by atoms with E-state index < -0.39 is 5.91 Å². The Labute approximate surface area is 127 Å². The number of nitrogens with one attached hydrogen (secondary N) is 1. The predicted octanol–water partition coefficient (Wildman–Crippen LogP) is 2.24. The molecule has 2 aromatic carbocycles. The van der Waals surface area contributed by atoms with Crippen LogP contribution in [0.1, 0.15) is 26.3 Å². The number of hydrogen-bond donors (Lipinski definition) is 2. The number of para-hydroxylation sites is 1. The van der Waals surface area contributed by atoms with Gasteiger partial charge in [-0.25, -0.2) is 5.84 Å². The molecule has 1 aromatic heterocycles. The van der Waals surface area contributed by atoms with Crippen molar-refractivity contribution >= 4 is 22.7 Å². The molecule has 3 N–H and O–H groups in total. The quantitative estimate of drug-likeness (QED) is 0.432. The Hall–Kier alpha value is -2.92. The van der Waals surface area contributed by atoms with Crippen LogP contribution in [0.15, 0.2) is 54.7 Å². The van der Waals surface area contributed by atoms with E-state index in [1.54, 1.807) is 24.3 Å². The summed E-state index contributed by atoms with van der Waals surface area (Å²) in [6, 6.07) is 14.5. The maximum Gasteiger partial charge on any atom is 0.267 e. The molecule has 0 aliphatic heterocycles. The van der Waals surface area contributed by atoms with Crippen LogP contribution in [-0.4, -0.2) is 16.4 Å². The molecule has 5 heteroatoms. The number of nitrogens with two attached hydrogens (primary N) is 1. The van der Waals surface area contributed by atoms with Crippen LogP contribution < -0.4 is 11.3 Å². The number of fused-ring (bicyclic) bond motifs is 1. The van der Waals surface area contributed by atoms with Gasteiger partial charge < -0.3 is 0 Å². The van der Waals surface area contributed by atoms with Crippen LogP contribution in [0.3, 0.4) is 0 Å². The van der Waals surface area contributed by atoms with E-state index >= 15 is 0 Å². The Kier molecular flexibility index (Phi) is 3.48. The van der Waals surface area contributed by atoms with Gasteiger partial charge in [0.25, 0.3) is 11.8 Å². The summed E-state index contributed by atoms with van der Waals surface area (Å²) in [5.41, 5.74) is 4.80. The van der Waals surface area contributed by atoms with Crippen LogP contribution in [0.5, 0.6) is 0 Å². The van der Waals surface area contributed by atoms with E-state index in [0.717, 1.165) is 5.56 Å². The number of amides is 1. The maximum atomic E-state index is 12.7. The first-order chi connectivity index (χ1) is 10.6. The van der Waals surface area contributed by atoms with Crippen molar-refractivity contribution in [2.75, 3.05) is 0 Å². The lowest BCUT2D eigenvalue weighted by Crippen LogP contribution is -2.29. The summed E-state index contributed by atoms with van der Waals surface area (Å²) in [6.45, 7) is 1.96. The normalized spacial score (nSPS) is 10.6. The highest BCUT2D eigenvalue weighted by atomic mass is 16.2. The number of aryl methyl sites for hydroxylation is 1. The van der Waals surface area contributed by atoms with E-state index in [1.165, 1.54) is 10.8 Å². The highest BCUT2D eigenvalue weighted by Crippen LogP contribution is 2.22. The summed E-state index contributed by atoms with van der Waals surface area (Å²) >= 11 is 0. The molecule has 0 saturated carbocycles. The number of benzene rings is 2. The number of hydrogen-bond acceptors (Lipinski definition) is 3. The van der Waals surface area contributed by atoms with Crippen LogP contribution in [-0.2, 0) is 0 Å². The third-order valence-electron chi connectivity index (χ3n) is 3.60. The van der Waals surface area contributed by atoms with E-state index in [1.807, 2.05) is 31.2 Å². The average molecular weight is 293 g/mol. The van der Waals surface area contributed by atoms with Gasteiger partial charge in [0.05, 0.1) is 11.1 Å². The van der Waals surface area contributed by atoms with Crippen molar-refractivity contribution in [1.82, 2.24) is 9.99 Å². The fourth-order valence-electron chi connectivity index (χ4n) is 2.44. The lowest BCUT2D eigenvalue weighted by Gasteiger charge is -2.04. The topological polar surface area (TPSA) is 77.1 Å². The summed E-state index contributed by atoms with van der Waals surface area (Å²) in [5.74, 6) is 4.60. The monoisotopic (exact) mass is 293 g/mol. The van der Waals surface area contributed by atoms with Crippen LogP contribution in [0, 0.1) is 6.92 Å². The number of carbonyl (C=O) groups excluding carboxylic acids is 2. The Morgan fingerprint density at radius 2 is 1.73 bits per heavy atom. The summed E-state index contributed by atoms with van der Waals surface area (Å²) < 4.78 is 1.48. The van der Waals surface area contributed by atoms with E-state index in [9.17, 15) is 9.59 Å². The number of carbonyl (C=O) groups is 2. The van der Waals surface area contributed by atoms with Gasteiger partial charge in [0, 0.05) is 17.1 Å². The van der Waals surface area contributed by atoms with E-state index in [2.05, 4.69) is 5.43 Å². The molecule has 3 rings (SSSR count). The highest BCUT2D eigenvalue weighted by molar-refractivity contribution is 6.11. The maximum absolute atomic E-state index is 12.7. The molecule has 0 radical (unpaired) electrons. The molecule has 0 unspecified atom stereocenters. The highest BCUT2D eigenvalue weighted by Gasteiger charge is 2.18. The summed E-state index contributed by atoms with van der Waals surface area (Å²) in [7, 11) is 0. The Bertz CT molecular complexity index is 863. The molecule has 0 aliphatic rings. The summed E-state index contributed by atoms with van der Waals surface area (Å²) in [4.78, 5) is 24.6. The zero-order chi connectivity index (χ0) is 15.7. The third-order valence-corrected chi connectivity index (χ3v) is 3.60. The molecule has 0 aliphatic carbocycles. The molecule has 1 heterocycles. The van der Waals surface area contributed by atoms with Gasteiger partial charge in [-0.1, -0.05) is 35.9 Å². The first-order valence-corrected chi connectivity index (χ1v) is 6.84. The Morgan fingerprint density at radius 1 is 1.05 bits per heavy atom. The fraction of sp³-hybridized carbons (Fsp3) is 0.0588. The van der Waals surface area contributed by atoms with Crippen molar-refractivity contribution < 1.29 is 9.59 Å². The standard InChI is InChI=1S/C17H15N3O2/c1-11-6-8-12(9-7-11)17(22)20-10-14(16(21)19-18)13-4-2-3-5-15(13)20/h2-10H,18H2,1H3,(H,19,21). The molecule has 0 atom stereocenters. The second kappa shape index (κ2) is 5.46. The summed E-state index contributed by atoms with van der Waals surface area (Å²) in [6.07, 6.45) is 1.52. The van der Waals surface area contributed by atoms with Crippen molar-refractivity contribution in [1.29, 1.82) is 0 Å². The number of hydrazine groups is 1. The van der Waals surface area contributed by atoms with Gasteiger partial charge >= 0.3 is 0 Å². The van der Waals surface area contributed by atoms with Gasteiger partial charge in [-0.3, -0.25) is 19.6 Å². The number of rotatable bonds is 2. The molecular formula is C17H15N3O2. The van der Waals surface area contributed by atoms with Crippen LogP contribution in [0.2, 0.25) is 0 Å². The largest absolute Gasteiger partial charge is 0.290 e. The minimum atomic E-state index is -0.424. The molecule has 0 fully saturated rings. The van der Waals surface area contributed by atoms with Gasteiger partial charge in [-0.2, -0.15) is 0 Å². The molecule has 3 aromatic rings. The minimum Gasteiger partial charge on any atom is -0.290 e. The molecule has 0 spiro atoms.